The molecule has 1 heterocycles. The molecule has 0 bridgehead atoms. The first-order chi connectivity index (χ1) is 4.74. The van der Waals surface area contributed by atoms with Crippen molar-refractivity contribution in [2.24, 2.45) is 0 Å². The standard InChI is InChI=1S/C7H8O3/c1-5-3-6(10-4-5)7(8)9-2/h3-4H,1-2H3. The van der Waals surface area contributed by atoms with E-state index in [4.69, 9.17) is 4.42 Å². The van der Waals surface area contributed by atoms with Crippen LogP contribution in [0.4, 0.5) is 0 Å². The largest absolute Gasteiger partial charge is 0.463 e. The number of methoxy groups -OCH3 is 1. The van der Waals surface area contributed by atoms with Gasteiger partial charge in [-0.25, -0.2) is 4.79 Å². The van der Waals surface area contributed by atoms with Gasteiger partial charge in [0.1, 0.15) is 0 Å². The molecule has 0 spiro atoms. The number of hydrogen-bond acceptors (Lipinski definition) is 3. The average Bonchev–Trinajstić information content (AvgIpc) is 2.34. The predicted octanol–water partition coefficient (Wildman–Crippen LogP) is 1.37. The van der Waals surface area contributed by atoms with Crippen molar-refractivity contribution in [3.63, 3.8) is 0 Å². The molecule has 0 aromatic carbocycles. The third kappa shape index (κ3) is 1.18. The summed E-state index contributed by atoms with van der Waals surface area (Å²) in [4.78, 5) is 10.7. The monoisotopic (exact) mass is 140 g/mol. The number of furan rings is 1. The Morgan fingerprint density at radius 3 is 2.80 bits per heavy atom. The van der Waals surface area contributed by atoms with E-state index in [9.17, 15) is 4.79 Å². The Kier molecular flexibility index (Phi) is 1.76. The van der Waals surface area contributed by atoms with E-state index in [0.717, 1.165) is 5.56 Å². The Morgan fingerprint density at radius 2 is 2.40 bits per heavy atom. The molecule has 10 heavy (non-hydrogen) atoms. The lowest BCUT2D eigenvalue weighted by Gasteiger charge is -1.89. The summed E-state index contributed by atoms with van der Waals surface area (Å²) in [5.41, 5.74) is 0.917. The molecule has 0 atom stereocenters. The molecule has 1 rings (SSSR count). The number of hydrogen-bond donors (Lipinski definition) is 0. The molecule has 1 aromatic rings. The highest BCUT2D eigenvalue weighted by atomic mass is 16.5. The summed E-state index contributed by atoms with van der Waals surface area (Å²) in [7, 11) is 1.32. The van der Waals surface area contributed by atoms with E-state index >= 15 is 0 Å². The number of rotatable bonds is 1. The second-order valence-electron chi connectivity index (χ2n) is 1.98. The number of carbonyl (C=O) groups is 1. The first kappa shape index (κ1) is 6.86. The van der Waals surface area contributed by atoms with Gasteiger partial charge in [-0.3, -0.25) is 0 Å². The zero-order chi connectivity index (χ0) is 7.56. The van der Waals surface area contributed by atoms with Crippen molar-refractivity contribution >= 4 is 5.97 Å². The molecule has 0 aliphatic carbocycles. The van der Waals surface area contributed by atoms with Crippen LogP contribution in [0.25, 0.3) is 0 Å². The van der Waals surface area contributed by atoms with Crippen molar-refractivity contribution in [2.45, 2.75) is 6.92 Å². The first-order valence-corrected chi connectivity index (χ1v) is 2.87. The van der Waals surface area contributed by atoms with Gasteiger partial charge in [0.05, 0.1) is 13.4 Å². The van der Waals surface area contributed by atoms with Crippen molar-refractivity contribution in [1.29, 1.82) is 0 Å². The summed E-state index contributed by atoms with van der Waals surface area (Å²) >= 11 is 0. The summed E-state index contributed by atoms with van der Waals surface area (Å²) in [6.07, 6.45) is 1.51. The van der Waals surface area contributed by atoms with E-state index in [1.165, 1.54) is 13.4 Å². The van der Waals surface area contributed by atoms with Gasteiger partial charge in [-0.05, 0) is 18.6 Å². The fourth-order valence-corrected chi connectivity index (χ4v) is 0.639. The lowest BCUT2D eigenvalue weighted by Crippen LogP contribution is -1.97. The number of ether oxygens (including phenoxy) is 1. The molecule has 1 aromatic heterocycles. The maximum Gasteiger partial charge on any atom is 0.373 e. The number of esters is 1. The third-order valence-electron chi connectivity index (χ3n) is 1.12. The predicted molar refractivity (Wildman–Crippen MR) is 34.8 cm³/mol. The van der Waals surface area contributed by atoms with E-state index in [2.05, 4.69) is 4.74 Å². The molecular weight excluding hydrogens is 132 g/mol. The Balaban J connectivity index is 2.85. The van der Waals surface area contributed by atoms with Crippen LogP contribution in [0.5, 0.6) is 0 Å². The Labute approximate surface area is 58.6 Å². The average molecular weight is 140 g/mol. The van der Waals surface area contributed by atoms with Crippen LogP contribution >= 0.6 is 0 Å². The molecule has 0 unspecified atom stereocenters. The lowest BCUT2D eigenvalue weighted by molar-refractivity contribution is 0.0565. The molecule has 54 valence electrons. The van der Waals surface area contributed by atoms with Gasteiger partial charge in [-0.15, -0.1) is 0 Å². The van der Waals surface area contributed by atoms with Crippen LogP contribution < -0.4 is 0 Å². The van der Waals surface area contributed by atoms with Gasteiger partial charge in [0, 0.05) is 0 Å². The molecule has 0 radical (unpaired) electrons. The summed E-state index contributed by atoms with van der Waals surface area (Å²) in [6.45, 7) is 1.84. The quantitative estimate of drug-likeness (QED) is 0.553. The van der Waals surface area contributed by atoms with Crippen LogP contribution in [0.2, 0.25) is 0 Å². The second kappa shape index (κ2) is 2.56. The van der Waals surface area contributed by atoms with Crippen LogP contribution in [0.15, 0.2) is 16.7 Å². The topological polar surface area (TPSA) is 39.4 Å². The van der Waals surface area contributed by atoms with Gasteiger partial charge in [-0.2, -0.15) is 0 Å². The lowest BCUT2D eigenvalue weighted by atomic mass is 10.3. The minimum Gasteiger partial charge on any atom is -0.463 e. The fourth-order valence-electron chi connectivity index (χ4n) is 0.639. The molecule has 0 aliphatic heterocycles. The van der Waals surface area contributed by atoms with E-state index in [1.807, 2.05) is 6.92 Å². The fraction of sp³-hybridized carbons (Fsp3) is 0.286. The summed E-state index contributed by atoms with van der Waals surface area (Å²) in [5, 5.41) is 0. The summed E-state index contributed by atoms with van der Waals surface area (Å²) < 4.78 is 9.26. The van der Waals surface area contributed by atoms with Gasteiger partial charge in [0.25, 0.3) is 0 Å². The third-order valence-corrected chi connectivity index (χ3v) is 1.12. The maximum atomic E-state index is 10.7. The number of aryl methyl sites for hydroxylation is 1. The Hall–Kier alpha value is -1.25. The summed E-state index contributed by atoms with van der Waals surface area (Å²) in [6, 6.07) is 1.63. The zero-order valence-corrected chi connectivity index (χ0v) is 5.88. The SMILES string of the molecule is COC(=O)c1cc(C)co1. The Bertz CT molecular complexity index is 237. The van der Waals surface area contributed by atoms with Crippen LogP contribution in [-0.4, -0.2) is 13.1 Å². The molecule has 0 saturated carbocycles. The highest BCUT2D eigenvalue weighted by Gasteiger charge is 2.08. The van der Waals surface area contributed by atoms with Crippen LogP contribution in [-0.2, 0) is 4.74 Å². The van der Waals surface area contributed by atoms with Gasteiger partial charge in [0.15, 0.2) is 0 Å². The molecule has 0 amide bonds. The van der Waals surface area contributed by atoms with Crippen LogP contribution in [0.1, 0.15) is 16.1 Å². The van der Waals surface area contributed by atoms with Crippen molar-refractivity contribution in [2.75, 3.05) is 7.11 Å². The van der Waals surface area contributed by atoms with Crippen LogP contribution in [0, 0.1) is 6.92 Å². The van der Waals surface area contributed by atoms with E-state index in [0.29, 0.717) is 0 Å². The minimum absolute atomic E-state index is 0.250. The number of carbonyl (C=O) groups excluding carboxylic acids is 1. The van der Waals surface area contributed by atoms with Crippen molar-refractivity contribution in [3.05, 3.63) is 23.7 Å². The minimum atomic E-state index is -0.437. The highest BCUT2D eigenvalue weighted by Crippen LogP contribution is 2.06. The van der Waals surface area contributed by atoms with Gasteiger partial charge >= 0.3 is 5.97 Å². The van der Waals surface area contributed by atoms with Gasteiger partial charge < -0.3 is 9.15 Å². The second-order valence-corrected chi connectivity index (χ2v) is 1.98. The van der Waals surface area contributed by atoms with Crippen molar-refractivity contribution < 1.29 is 13.9 Å². The van der Waals surface area contributed by atoms with Crippen molar-refractivity contribution in [1.82, 2.24) is 0 Å². The molecule has 0 aliphatic rings. The van der Waals surface area contributed by atoms with Gasteiger partial charge in [0.2, 0.25) is 5.76 Å². The van der Waals surface area contributed by atoms with E-state index in [1.54, 1.807) is 6.07 Å². The molecule has 0 fully saturated rings. The van der Waals surface area contributed by atoms with E-state index in [-0.39, 0.29) is 5.76 Å². The maximum absolute atomic E-state index is 10.7. The summed E-state index contributed by atoms with van der Waals surface area (Å²) in [5.74, 6) is -0.187. The molecule has 3 nitrogen and oxygen atoms in total. The first-order valence-electron chi connectivity index (χ1n) is 2.87. The molecule has 0 saturated heterocycles. The normalized spacial score (nSPS) is 9.40. The van der Waals surface area contributed by atoms with E-state index < -0.39 is 5.97 Å². The van der Waals surface area contributed by atoms with Crippen molar-refractivity contribution in [3.8, 4) is 0 Å². The molecule has 3 heteroatoms. The molecule has 0 N–H and O–H groups in total. The van der Waals surface area contributed by atoms with Crippen LogP contribution in [0.3, 0.4) is 0 Å². The van der Waals surface area contributed by atoms with Gasteiger partial charge in [-0.1, -0.05) is 0 Å². The zero-order valence-electron chi connectivity index (χ0n) is 5.88. The molecular formula is C7H8O3. The smallest absolute Gasteiger partial charge is 0.373 e. The highest BCUT2D eigenvalue weighted by molar-refractivity contribution is 5.86. The Morgan fingerprint density at radius 1 is 1.70 bits per heavy atom.